The summed E-state index contributed by atoms with van der Waals surface area (Å²) in [5.74, 6) is -5.41. The summed E-state index contributed by atoms with van der Waals surface area (Å²) in [4.78, 5) is 62.2. The van der Waals surface area contributed by atoms with E-state index in [1.165, 1.54) is 20.8 Å². The van der Waals surface area contributed by atoms with Gasteiger partial charge < -0.3 is 33.9 Å². The number of aliphatic hydroxyl groups excluding tert-OH is 1. The Hall–Kier alpha value is -2.57. The molecule has 1 heterocycles. The number of esters is 4. The van der Waals surface area contributed by atoms with E-state index >= 15 is 0 Å². The molecule has 3 fully saturated rings. The van der Waals surface area contributed by atoms with Gasteiger partial charge in [-0.3, -0.25) is 24.0 Å². The van der Waals surface area contributed by atoms with E-state index in [1.807, 2.05) is 0 Å². The molecule has 196 valence electrons. The third-order valence-corrected chi connectivity index (χ3v) is 7.28. The first-order valence-corrected chi connectivity index (χ1v) is 11.2. The van der Waals surface area contributed by atoms with Gasteiger partial charge in [-0.05, 0) is 20.8 Å². The van der Waals surface area contributed by atoms with E-state index in [-0.39, 0.29) is 6.42 Å². The van der Waals surface area contributed by atoms with Crippen LogP contribution in [-0.4, -0.2) is 87.7 Å². The molecule has 12 nitrogen and oxygen atoms in total. The number of hydrogen-bond donors (Lipinski definition) is 2. The average molecular weight is 500 g/mol. The Morgan fingerprint density at radius 1 is 0.943 bits per heavy atom. The van der Waals surface area contributed by atoms with E-state index in [9.17, 15) is 34.2 Å². The molecule has 1 saturated heterocycles. The van der Waals surface area contributed by atoms with E-state index in [1.54, 1.807) is 0 Å². The second-order valence-electron chi connectivity index (χ2n) is 10.2. The minimum atomic E-state index is -2.20. The molecule has 2 bridgehead atoms. The molecule has 0 radical (unpaired) electrons. The van der Waals surface area contributed by atoms with Gasteiger partial charge in [-0.15, -0.1) is 0 Å². The lowest BCUT2D eigenvalue weighted by atomic mass is 9.46. The van der Waals surface area contributed by atoms with E-state index in [2.05, 4.69) is 0 Å². The van der Waals surface area contributed by atoms with Crippen molar-refractivity contribution in [1.29, 1.82) is 0 Å². The third kappa shape index (κ3) is 3.82. The molecule has 0 unspecified atom stereocenters. The summed E-state index contributed by atoms with van der Waals surface area (Å²) in [6.45, 7) is 7.86. The predicted molar refractivity (Wildman–Crippen MR) is 113 cm³/mol. The van der Waals surface area contributed by atoms with Crippen molar-refractivity contribution in [3.63, 3.8) is 0 Å². The molecule has 2 N–H and O–H groups in total. The quantitative estimate of drug-likeness (QED) is 0.370. The van der Waals surface area contributed by atoms with Gasteiger partial charge in [0.2, 0.25) is 0 Å². The van der Waals surface area contributed by atoms with Crippen LogP contribution >= 0.6 is 0 Å². The monoisotopic (exact) mass is 500 g/mol. The molecule has 0 aromatic carbocycles. The first-order valence-electron chi connectivity index (χ1n) is 11.2. The Balaban J connectivity index is 2.45. The lowest BCUT2D eigenvalue weighted by molar-refractivity contribution is -0.351. The number of ketones is 1. The average Bonchev–Trinajstić information content (AvgIpc) is 2.86. The van der Waals surface area contributed by atoms with Gasteiger partial charge in [0.25, 0.3) is 0 Å². The van der Waals surface area contributed by atoms with Crippen molar-refractivity contribution in [2.45, 2.75) is 96.1 Å². The zero-order chi connectivity index (χ0) is 26.7. The number of hydrogen-bond acceptors (Lipinski definition) is 12. The van der Waals surface area contributed by atoms with Crippen molar-refractivity contribution in [1.82, 2.24) is 0 Å². The molecule has 0 amide bonds. The Morgan fingerprint density at radius 3 is 1.97 bits per heavy atom. The molecule has 2 aliphatic carbocycles. The maximum absolute atomic E-state index is 13.8. The van der Waals surface area contributed by atoms with E-state index < -0.39 is 88.8 Å². The second kappa shape index (κ2) is 8.52. The maximum Gasteiger partial charge on any atom is 0.303 e. The van der Waals surface area contributed by atoms with Gasteiger partial charge in [-0.1, -0.05) is 0 Å². The number of Topliss-reactive ketones (excluding diaryl/α,β-unsaturated/α-hetero) is 1. The molecule has 2 saturated carbocycles. The molecule has 8 atom stereocenters. The highest BCUT2D eigenvalue weighted by Gasteiger charge is 2.87. The summed E-state index contributed by atoms with van der Waals surface area (Å²) in [6.07, 6.45) is -6.88. The molecule has 35 heavy (non-hydrogen) atoms. The summed E-state index contributed by atoms with van der Waals surface area (Å²) in [5.41, 5.74) is -7.80. The zero-order valence-electron chi connectivity index (χ0n) is 20.8. The van der Waals surface area contributed by atoms with Crippen LogP contribution in [0.15, 0.2) is 0 Å². The fourth-order valence-corrected chi connectivity index (χ4v) is 6.40. The van der Waals surface area contributed by atoms with Crippen LogP contribution in [0, 0.1) is 11.3 Å². The third-order valence-electron chi connectivity index (χ3n) is 7.28. The van der Waals surface area contributed by atoms with E-state index in [0.29, 0.717) is 0 Å². The fourth-order valence-electron chi connectivity index (χ4n) is 6.40. The van der Waals surface area contributed by atoms with Gasteiger partial charge in [0.1, 0.15) is 23.7 Å². The highest BCUT2D eigenvalue weighted by molar-refractivity contribution is 5.92. The minimum absolute atomic E-state index is 0.382. The van der Waals surface area contributed by atoms with Gasteiger partial charge >= 0.3 is 23.9 Å². The largest absolute Gasteiger partial charge is 0.465 e. The highest BCUT2D eigenvalue weighted by Crippen LogP contribution is 2.67. The number of carbonyl (C=O) groups excluding carboxylic acids is 5. The lowest BCUT2D eigenvalue weighted by Gasteiger charge is -2.64. The molecule has 3 aliphatic rings. The zero-order valence-corrected chi connectivity index (χ0v) is 20.8. The minimum Gasteiger partial charge on any atom is -0.465 e. The van der Waals surface area contributed by atoms with E-state index in [0.717, 1.165) is 27.7 Å². The van der Waals surface area contributed by atoms with Gasteiger partial charge in [0.15, 0.2) is 18.0 Å². The van der Waals surface area contributed by atoms with Crippen molar-refractivity contribution in [2.75, 3.05) is 6.61 Å². The lowest BCUT2D eigenvalue weighted by Crippen LogP contribution is -2.84. The maximum atomic E-state index is 13.8. The van der Waals surface area contributed by atoms with Crippen molar-refractivity contribution in [3.8, 4) is 0 Å². The van der Waals surface area contributed by atoms with Crippen LogP contribution < -0.4 is 0 Å². The Bertz CT molecular complexity index is 954. The van der Waals surface area contributed by atoms with Crippen LogP contribution in [0.1, 0.15) is 54.9 Å². The summed E-state index contributed by atoms with van der Waals surface area (Å²) in [7, 11) is 0. The van der Waals surface area contributed by atoms with Gasteiger partial charge in [-0.25, -0.2) is 0 Å². The Labute approximate surface area is 202 Å². The summed E-state index contributed by atoms with van der Waals surface area (Å²) in [6, 6.07) is 0. The normalized spacial score (nSPS) is 41.4. The van der Waals surface area contributed by atoms with Crippen molar-refractivity contribution >= 4 is 29.7 Å². The topological polar surface area (TPSA) is 172 Å². The molecule has 1 aliphatic heterocycles. The van der Waals surface area contributed by atoms with Crippen LogP contribution in [0.3, 0.4) is 0 Å². The fraction of sp³-hybridized carbons (Fsp3) is 0.783. The van der Waals surface area contributed by atoms with E-state index in [4.69, 9.17) is 23.7 Å². The SMILES string of the molecule is CC(=O)OC[C@]12[C@H](OC(C)=O)C(=O)[C@@H]3[C@@H](O)[C@]1(OC3(C)C)[C@@](C)(O)C[C@H](OC(C)=O)[C@@H]2OC(C)=O. The van der Waals surface area contributed by atoms with Crippen LogP contribution in [-0.2, 0) is 47.7 Å². The van der Waals surface area contributed by atoms with Gasteiger partial charge in [-0.2, -0.15) is 0 Å². The molecule has 12 heteroatoms. The molecular weight excluding hydrogens is 468 g/mol. The summed E-state index contributed by atoms with van der Waals surface area (Å²) in [5, 5.41) is 23.4. The number of rotatable bonds is 5. The number of ether oxygens (including phenoxy) is 5. The molecular formula is C23H32O12. The first kappa shape index (κ1) is 27.0. The smallest absolute Gasteiger partial charge is 0.303 e. The number of fused-ring (bicyclic) bond motifs is 1. The Kier molecular flexibility index (Phi) is 6.58. The van der Waals surface area contributed by atoms with Crippen LogP contribution in [0.2, 0.25) is 0 Å². The van der Waals surface area contributed by atoms with Gasteiger partial charge in [0, 0.05) is 34.1 Å². The first-order chi connectivity index (χ1) is 15.9. The van der Waals surface area contributed by atoms with Gasteiger partial charge in [0.05, 0.1) is 23.2 Å². The van der Waals surface area contributed by atoms with Crippen LogP contribution in [0.25, 0.3) is 0 Å². The summed E-state index contributed by atoms with van der Waals surface area (Å²) < 4.78 is 28.1. The summed E-state index contributed by atoms with van der Waals surface area (Å²) >= 11 is 0. The van der Waals surface area contributed by atoms with Crippen molar-refractivity contribution in [3.05, 3.63) is 0 Å². The highest BCUT2D eigenvalue weighted by atomic mass is 16.6. The number of aliphatic hydroxyl groups is 2. The predicted octanol–water partition coefficient (Wildman–Crippen LogP) is -0.407. The Morgan fingerprint density at radius 2 is 1.49 bits per heavy atom. The molecule has 0 aromatic heterocycles. The van der Waals surface area contributed by atoms with Crippen molar-refractivity contribution < 1.29 is 57.9 Å². The number of carbonyl (C=O) groups is 5. The van der Waals surface area contributed by atoms with Crippen molar-refractivity contribution in [2.24, 2.45) is 11.3 Å². The van der Waals surface area contributed by atoms with Crippen LogP contribution in [0.4, 0.5) is 0 Å². The molecule has 1 spiro atoms. The molecule has 0 aromatic rings. The second-order valence-corrected chi connectivity index (χ2v) is 10.2. The standard InChI is InChI=1S/C23H32O12/c1-10(24)31-9-22-18(33-12(3)26)14(32-11(2)25)8-21(7,30)23(22)17(29)15(20(5,6)35-23)16(28)19(22)34-13(4)27/h14-15,17-19,29-30H,8-9H2,1-7H3/t14-,15+,17+,18-,19+,21-,22-,23-/m0/s1. The molecule has 3 rings (SSSR count). The van der Waals surface area contributed by atoms with Crippen LogP contribution in [0.5, 0.6) is 0 Å².